The van der Waals surface area contributed by atoms with Crippen LogP contribution in [0.25, 0.3) is 10.2 Å². The van der Waals surface area contributed by atoms with Crippen LogP contribution in [0.15, 0.2) is 18.2 Å². The monoisotopic (exact) mass is 289 g/mol. The Balaban J connectivity index is 1.58. The quantitative estimate of drug-likeness (QED) is 0.909. The molecule has 1 saturated heterocycles. The van der Waals surface area contributed by atoms with Crippen molar-refractivity contribution in [2.75, 3.05) is 11.9 Å². The zero-order valence-electron chi connectivity index (χ0n) is 11.6. The molecular weight excluding hydrogens is 270 g/mol. The van der Waals surface area contributed by atoms with E-state index in [1.165, 1.54) is 12.8 Å². The highest BCUT2D eigenvalue weighted by Gasteiger charge is 2.15. The number of hydrogen-bond acceptors (Lipinski definition) is 4. The molecule has 1 aliphatic rings. The summed E-state index contributed by atoms with van der Waals surface area (Å²) in [6.07, 6.45) is 3.93. The molecule has 1 atom stereocenters. The Hall–Kier alpha value is -1.46. The summed E-state index contributed by atoms with van der Waals surface area (Å²) in [5.41, 5.74) is 1.87. The molecule has 0 spiro atoms. The van der Waals surface area contributed by atoms with Crippen molar-refractivity contribution in [3.63, 3.8) is 0 Å². The van der Waals surface area contributed by atoms with Crippen molar-refractivity contribution in [2.24, 2.45) is 0 Å². The van der Waals surface area contributed by atoms with E-state index in [1.54, 1.807) is 11.3 Å². The molecule has 1 aromatic carbocycles. The van der Waals surface area contributed by atoms with E-state index in [0.29, 0.717) is 12.5 Å². The Kier molecular flexibility index (Phi) is 3.98. The minimum Gasteiger partial charge on any atom is -0.326 e. The van der Waals surface area contributed by atoms with Crippen LogP contribution in [0.1, 0.15) is 30.7 Å². The van der Waals surface area contributed by atoms with E-state index in [9.17, 15) is 4.79 Å². The topological polar surface area (TPSA) is 54.0 Å². The Labute approximate surface area is 122 Å². The number of anilines is 1. The van der Waals surface area contributed by atoms with Gasteiger partial charge < -0.3 is 10.6 Å². The Bertz CT molecular complexity index is 617. The lowest BCUT2D eigenvalue weighted by molar-refractivity contribution is -0.116. The van der Waals surface area contributed by atoms with Crippen LogP contribution in [0.3, 0.4) is 0 Å². The van der Waals surface area contributed by atoms with Gasteiger partial charge in [0.1, 0.15) is 0 Å². The van der Waals surface area contributed by atoms with Crippen molar-refractivity contribution < 1.29 is 4.79 Å². The molecule has 2 heterocycles. The molecule has 20 heavy (non-hydrogen) atoms. The summed E-state index contributed by atoms with van der Waals surface area (Å²) < 4.78 is 1.12. The first-order valence-corrected chi connectivity index (χ1v) is 7.93. The predicted molar refractivity (Wildman–Crippen MR) is 83.2 cm³/mol. The van der Waals surface area contributed by atoms with Crippen molar-refractivity contribution in [1.29, 1.82) is 0 Å². The normalized spacial score (nSPS) is 18.6. The number of amides is 1. The largest absolute Gasteiger partial charge is 0.326 e. The van der Waals surface area contributed by atoms with Gasteiger partial charge in [0.25, 0.3) is 0 Å². The maximum atomic E-state index is 12.0. The highest BCUT2D eigenvalue weighted by Crippen LogP contribution is 2.24. The van der Waals surface area contributed by atoms with Crippen molar-refractivity contribution >= 4 is 33.1 Å². The summed E-state index contributed by atoms with van der Waals surface area (Å²) in [5.74, 6) is 0.0966. The fraction of sp³-hybridized carbons (Fsp3) is 0.467. The summed E-state index contributed by atoms with van der Waals surface area (Å²) in [6.45, 7) is 3.09. The number of rotatable bonds is 4. The van der Waals surface area contributed by atoms with E-state index < -0.39 is 0 Å². The Morgan fingerprint density at radius 2 is 2.45 bits per heavy atom. The number of benzene rings is 1. The Morgan fingerprint density at radius 3 is 3.25 bits per heavy atom. The smallest absolute Gasteiger partial charge is 0.224 e. The number of nitrogens with one attached hydrogen (secondary N) is 2. The average molecular weight is 289 g/mol. The first kappa shape index (κ1) is 13.5. The van der Waals surface area contributed by atoms with Crippen molar-refractivity contribution in [3.05, 3.63) is 23.2 Å². The van der Waals surface area contributed by atoms with Gasteiger partial charge in [-0.15, -0.1) is 11.3 Å². The molecule has 0 radical (unpaired) electrons. The van der Waals surface area contributed by atoms with Crippen LogP contribution in [-0.4, -0.2) is 23.5 Å². The SMILES string of the molecule is Cc1nc2ccc(NC(=O)CCC3CCCN3)cc2s1. The van der Waals surface area contributed by atoms with Crippen LogP contribution < -0.4 is 10.6 Å². The molecule has 106 valence electrons. The van der Waals surface area contributed by atoms with E-state index in [2.05, 4.69) is 15.6 Å². The highest BCUT2D eigenvalue weighted by molar-refractivity contribution is 7.18. The van der Waals surface area contributed by atoms with Crippen molar-refractivity contribution in [2.45, 2.75) is 38.6 Å². The second kappa shape index (κ2) is 5.89. The first-order valence-electron chi connectivity index (χ1n) is 7.11. The third-order valence-electron chi connectivity index (χ3n) is 3.66. The number of carbonyl (C=O) groups is 1. The van der Waals surface area contributed by atoms with Gasteiger partial charge in [-0.2, -0.15) is 0 Å². The molecule has 5 heteroatoms. The third kappa shape index (κ3) is 3.16. The third-order valence-corrected chi connectivity index (χ3v) is 4.59. The molecule has 1 unspecified atom stereocenters. The number of hydrogen-bond donors (Lipinski definition) is 2. The average Bonchev–Trinajstić information content (AvgIpc) is 3.04. The molecular formula is C15H19N3OS. The van der Waals surface area contributed by atoms with E-state index >= 15 is 0 Å². The molecule has 3 rings (SSSR count). The van der Waals surface area contributed by atoms with Gasteiger partial charge in [0.2, 0.25) is 5.91 Å². The zero-order chi connectivity index (χ0) is 13.9. The summed E-state index contributed by atoms with van der Waals surface area (Å²) >= 11 is 1.65. The van der Waals surface area contributed by atoms with Crippen LogP contribution >= 0.6 is 11.3 Å². The van der Waals surface area contributed by atoms with E-state index in [1.807, 2.05) is 25.1 Å². The van der Waals surface area contributed by atoms with Gasteiger partial charge in [0, 0.05) is 18.2 Å². The minimum absolute atomic E-state index is 0.0966. The number of carbonyl (C=O) groups excluding carboxylic acids is 1. The van der Waals surface area contributed by atoms with Gasteiger partial charge in [0.15, 0.2) is 0 Å². The van der Waals surface area contributed by atoms with Crippen molar-refractivity contribution in [1.82, 2.24) is 10.3 Å². The fourth-order valence-electron chi connectivity index (χ4n) is 2.65. The number of thiazole rings is 1. The predicted octanol–water partition coefficient (Wildman–Crippen LogP) is 3.08. The lowest BCUT2D eigenvalue weighted by Crippen LogP contribution is -2.23. The standard InChI is InChI=1S/C15H19N3OS/c1-10-17-13-6-4-12(9-14(13)20-10)18-15(19)7-5-11-3-2-8-16-11/h4,6,9,11,16H,2-3,5,7-8H2,1H3,(H,18,19). The van der Waals surface area contributed by atoms with Crippen LogP contribution in [0.2, 0.25) is 0 Å². The van der Waals surface area contributed by atoms with Crippen LogP contribution in [0, 0.1) is 6.92 Å². The maximum absolute atomic E-state index is 12.0. The van der Waals surface area contributed by atoms with Crippen LogP contribution in [0.4, 0.5) is 5.69 Å². The molecule has 0 aliphatic carbocycles. The summed E-state index contributed by atoms with van der Waals surface area (Å²) in [4.78, 5) is 16.4. The first-order chi connectivity index (χ1) is 9.70. The lowest BCUT2D eigenvalue weighted by atomic mass is 10.1. The Morgan fingerprint density at radius 1 is 1.55 bits per heavy atom. The zero-order valence-corrected chi connectivity index (χ0v) is 12.4. The summed E-state index contributed by atoms with van der Waals surface area (Å²) in [5, 5.41) is 7.45. The second-order valence-electron chi connectivity index (χ2n) is 5.30. The molecule has 2 aromatic rings. The fourth-order valence-corrected chi connectivity index (χ4v) is 3.52. The molecule has 0 bridgehead atoms. The molecule has 2 N–H and O–H groups in total. The van der Waals surface area contributed by atoms with Gasteiger partial charge in [-0.1, -0.05) is 0 Å². The molecule has 1 fully saturated rings. The van der Waals surface area contributed by atoms with Gasteiger partial charge in [-0.05, 0) is 50.9 Å². The molecule has 1 aliphatic heterocycles. The molecule has 1 amide bonds. The minimum atomic E-state index is 0.0966. The van der Waals surface area contributed by atoms with Crippen molar-refractivity contribution in [3.8, 4) is 0 Å². The summed E-state index contributed by atoms with van der Waals surface area (Å²) in [6, 6.07) is 6.42. The maximum Gasteiger partial charge on any atom is 0.224 e. The van der Waals surface area contributed by atoms with Gasteiger partial charge in [-0.3, -0.25) is 4.79 Å². The van der Waals surface area contributed by atoms with E-state index in [0.717, 1.165) is 33.9 Å². The molecule has 4 nitrogen and oxygen atoms in total. The van der Waals surface area contributed by atoms with Gasteiger partial charge >= 0.3 is 0 Å². The van der Waals surface area contributed by atoms with Crippen LogP contribution in [0.5, 0.6) is 0 Å². The number of fused-ring (bicyclic) bond motifs is 1. The van der Waals surface area contributed by atoms with E-state index in [4.69, 9.17) is 0 Å². The highest BCUT2D eigenvalue weighted by atomic mass is 32.1. The lowest BCUT2D eigenvalue weighted by Gasteiger charge is -2.10. The molecule has 1 aromatic heterocycles. The number of nitrogens with zero attached hydrogens (tertiary/aromatic N) is 1. The second-order valence-corrected chi connectivity index (χ2v) is 6.53. The van der Waals surface area contributed by atoms with Gasteiger partial charge in [-0.25, -0.2) is 4.98 Å². The van der Waals surface area contributed by atoms with Gasteiger partial charge in [0.05, 0.1) is 15.2 Å². The number of aryl methyl sites for hydroxylation is 1. The summed E-state index contributed by atoms with van der Waals surface area (Å²) in [7, 11) is 0. The van der Waals surface area contributed by atoms with Crippen LogP contribution in [-0.2, 0) is 4.79 Å². The van der Waals surface area contributed by atoms with E-state index in [-0.39, 0.29) is 5.91 Å². The molecule has 0 saturated carbocycles. The number of aromatic nitrogens is 1.